The first-order valence-corrected chi connectivity index (χ1v) is 18.3. The molecule has 0 saturated heterocycles. The third-order valence-electron chi connectivity index (χ3n) is 9.35. The lowest BCUT2D eigenvalue weighted by Crippen LogP contribution is -2.28. The number of Topliss-reactive ketones (excluding diaryl/α,β-unsaturated/α-hetero) is 2. The number of benzene rings is 2. The first-order valence-electron chi connectivity index (χ1n) is 17.6. The molecule has 1 heterocycles. The van der Waals surface area contributed by atoms with Gasteiger partial charge >= 0.3 is 0 Å². The van der Waals surface area contributed by atoms with Crippen molar-refractivity contribution in [3.8, 4) is 0 Å². The highest BCUT2D eigenvalue weighted by molar-refractivity contribution is 6.31. The molecule has 0 saturated carbocycles. The number of carbonyl (C=O) groups is 2. The van der Waals surface area contributed by atoms with Crippen molar-refractivity contribution in [2.75, 3.05) is 0 Å². The van der Waals surface area contributed by atoms with Crippen LogP contribution in [0.4, 0.5) is 0 Å². The number of carbonyl (C=O) groups excluding carboxylic acids is 2. The summed E-state index contributed by atoms with van der Waals surface area (Å²) in [5, 5.41) is 1.26. The monoisotopic (exact) mass is 720 g/mol. The molecule has 0 unspecified atom stereocenters. The standard InChI is InChI=1S/C46H50Cl2O3/c1-43(2,3)33-23-29(24-34(41(33)49)44(4,5)6)39(27-13-17-31(47)18-14-27)37-21-22-38(51-37)40(28-15-19-32(48)20-16-28)30-25-35(45(7,8)9)42(50)36(26-30)46(10,11)12/h13-26H,1-12H3. The highest BCUT2D eigenvalue weighted by Crippen LogP contribution is 2.45. The van der Waals surface area contributed by atoms with Gasteiger partial charge in [-0.3, -0.25) is 9.59 Å². The molecule has 51 heavy (non-hydrogen) atoms. The van der Waals surface area contributed by atoms with Crippen LogP contribution in [-0.2, 0) is 9.59 Å². The van der Waals surface area contributed by atoms with Gasteiger partial charge in [-0.25, -0.2) is 0 Å². The Morgan fingerprint density at radius 3 is 0.922 bits per heavy atom. The number of furan rings is 1. The van der Waals surface area contributed by atoms with E-state index in [2.05, 4.69) is 83.1 Å². The molecule has 266 valence electrons. The van der Waals surface area contributed by atoms with E-state index in [4.69, 9.17) is 27.6 Å². The Kier molecular flexibility index (Phi) is 10.2. The van der Waals surface area contributed by atoms with E-state index in [1.807, 2.05) is 85.0 Å². The maximum Gasteiger partial charge on any atom is 0.186 e. The van der Waals surface area contributed by atoms with Gasteiger partial charge < -0.3 is 4.42 Å². The van der Waals surface area contributed by atoms with Gasteiger partial charge in [0.15, 0.2) is 11.6 Å². The second-order valence-corrected chi connectivity index (χ2v) is 18.6. The second-order valence-electron chi connectivity index (χ2n) is 17.7. The van der Waals surface area contributed by atoms with Crippen LogP contribution >= 0.6 is 23.2 Å². The summed E-state index contributed by atoms with van der Waals surface area (Å²) in [4.78, 5) is 27.8. The molecule has 3 nitrogen and oxygen atoms in total. The maximum atomic E-state index is 13.9. The lowest BCUT2D eigenvalue weighted by molar-refractivity contribution is -0.114. The van der Waals surface area contributed by atoms with Crippen LogP contribution < -0.4 is 0 Å². The smallest absolute Gasteiger partial charge is 0.186 e. The summed E-state index contributed by atoms with van der Waals surface area (Å²) in [6.45, 7) is 24.9. The molecule has 0 aliphatic heterocycles. The molecule has 3 aromatic rings. The average Bonchev–Trinajstić information content (AvgIpc) is 3.47. The molecule has 0 bridgehead atoms. The lowest BCUT2D eigenvalue weighted by atomic mass is 9.71. The number of rotatable bonds is 4. The van der Waals surface area contributed by atoms with E-state index in [0.29, 0.717) is 21.6 Å². The molecule has 2 aliphatic rings. The largest absolute Gasteiger partial charge is 0.456 e. The zero-order valence-electron chi connectivity index (χ0n) is 32.1. The molecular formula is C46H50Cl2O3. The van der Waals surface area contributed by atoms with Gasteiger partial charge in [0.2, 0.25) is 0 Å². The van der Waals surface area contributed by atoms with Gasteiger partial charge in [0.05, 0.1) is 0 Å². The van der Waals surface area contributed by atoms with E-state index in [9.17, 15) is 9.59 Å². The fourth-order valence-electron chi connectivity index (χ4n) is 6.52. The quantitative estimate of drug-likeness (QED) is 0.269. The Morgan fingerprint density at radius 1 is 0.431 bits per heavy atom. The van der Waals surface area contributed by atoms with Crippen LogP contribution in [0.25, 0.3) is 11.1 Å². The van der Waals surface area contributed by atoms with Gasteiger partial charge in [-0.05, 0) is 105 Å². The van der Waals surface area contributed by atoms with Gasteiger partial charge in [-0.2, -0.15) is 0 Å². The zero-order valence-corrected chi connectivity index (χ0v) is 33.6. The molecule has 0 amide bonds. The molecular weight excluding hydrogens is 671 g/mol. The van der Waals surface area contributed by atoms with E-state index in [-0.39, 0.29) is 33.2 Å². The number of hydrogen-bond donors (Lipinski definition) is 0. The molecule has 2 aromatic carbocycles. The van der Waals surface area contributed by atoms with Gasteiger partial charge in [0, 0.05) is 43.5 Å². The summed E-state index contributed by atoms with van der Waals surface area (Å²) in [7, 11) is 0. The molecule has 5 rings (SSSR count). The van der Waals surface area contributed by atoms with Crippen LogP contribution in [0.3, 0.4) is 0 Å². The highest BCUT2D eigenvalue weighted by atomic mass is 35.5. The predicted octanol–water partition coefficient (Wildman–Crippen LogP) is 13.2. The minimum absolute atomic E-state index is 0.0684. The average molecular weight is 722 g/mol. The third kappa shape index (κ3) is 8.11. The molecule has 0 radical (unpaired) electrons. The van der Waals surface area contributed by atoms with Crippen LogP contribution in [0.1, 0.15) is 106 Å². The van der Waals surface area contributed by atoms with Crippen LogP contribution in [0.2, 0.25) is 10.0 Å². The van der Waals surface area contributed by atoms with Crippen molar-refractivity contribution in [3.05, 3.63) is 151 Å². The Bertz CT molecular complexity index is 1850. The van der Waals surface area contributed by atoms with Crippen molar-refractivity contribution < 1.29 is 14.0 Å². The summed E-state index contributed by atoms with van der Waals surface area (Å²) >= 11 is 12.8. The van der Waals surface area contributed by atoms with Crippen LogP contribution in [0.5, 0.6) is 0 Å². The molecule has 0 fully saturated rings. The summed E-state index contributed by atoms with van der Waals surface area (Å²) in [6, 6.07) is 19.4. The van der Waals surface area contributed by atoms with E-state index in [0.717, 1.165) is 55.7 Å². The first-order chi connectivity index (χ1) is 23.5. The minimum atomic E-state index is -0.384. The van der Waals surface area contributed by atoms with Crippen molar-refractivity contribution in [2.24, 2.45) is 21.7 Å². The van der Waals surface area contributed by atoms with E-state index in [1.54, 1.807) is 0 Å². The number of hydrogen-bond acceptors (Lipinski definition) is 3. The van der Waals surface area contributed by atoms with Crippen LogP contribution in [-0.4, -0.2) is 11.6 Å². The van der Waals surface area contributed by atoms with Gasteiger partial charge in [0.1, 0.15) is 11.5 Å². The SMILES string of the molecule is CC(C)(C)C1=CC(=C(c2ccc(Cl)cc2)c2ccc(C(=C3C=C(C(C)(C)C)C(=O)C(C(C)(C)C)=C3)c3ccc(Cl)cc3)o2)C=C(C(C)(C)C)C1=O. The van der Waals surface area contributed by atoms with Gasteiger partial charge in [0.25, 0.3) is 0 Å². The van der Waals surface area contributed by atoms with Gasteiger partial charge in [-0.15, -0.1) is 0 Å². The van der Waals surface area contributed by atoms with Gasteiger partial charge in [-0.1, -0.05) is 131 Å². The summed E-state index contributed by atoms with van der Waals surface area (Å²) in [6.07, 6.45) is 8.08. The topological polar surface area (TPSA) is 47.3 Å². The zero-order chi connectivity index (χ0) is 37.8. The molecule has 0 N–H and O–H groups in total. The molecule has 5 heteroatoms. The van der Waals surface area contributed by atoms with E-state index >= 15 is 0 Å². The highest BCUT2D eigenvalue weighted by Gasteiger charge is 2.37. The van der Waals surface area contributed by atoms with Crippen LogP contribution in [0.15, 0.2) is 123 Å². The molecule has 2 aliphatic carbocycles. The number of ketones is 2. The van der Waals surface area contributed by atoms with Crippen molar-refractivity contribution in [3.63, 3.8) is 0 Å². The predicted molar refractivity (Wildman–Crippen MR) is 214 cm³/mol. The van der Waals surface area contributed by atoms with Crippen molar-refractivity contribution in [1.82, 2.24) is 0 Å². The third-order valence-corrected chi connectivity index (χ3v) is 9.86. The molecule has 1 aromatic heterocycles. The fraction of sp³-hybridized carbons (Fsp3) is 0.348. The van der Waals surface area contributed by atoms with Crippen molar-refractivity contribution in [2.45, 2.75) is 83.1 Å². The minimum Gasteiger partial charge on any atom is -0.456 e. The normalized spacial score (nSPS) is 16.1. The lowest BCUT2D eigenvalue weighted by Gasteiger charge is -2.32. The Hall–Kier alpha value is -3.92. The molecule has 0 atom stereocenters. The van der Waals surface area contributed by atoms with Crippen molar-refractivity contribution >= 4 is 45.9 Å². The summed E-state index contributed by atoms with van der Waals surface area (Å²) < 4.78 is 6.95. The number of allylic oxidation sites excluding steroid dienone is 10. The Morgan fingerprint density at radius 2 is 0.686 bits per heavy atom. The van der Waals surface area contributed by atoms with Crippen LogP contribution in [0, 0.1) is 21.7 Å². The fourth-order valence-corrected chi connectivity index (χ4v) is 6.77. The Balaban J connectivity index is 1.87. The number of halogens is 2. The Labute approximate surface area is 314 Å². The summed E-state index contributed by atoms with van der Waals surface area (Å²) in [5.41, 5.74) is 6.76. The van der Waals surface area contributed by atoms with E-state index in [1.165, 1.54) is 0 Å². The van der Waals surface area contributed by atoms with Crippen molar-refractivity contribution in [1.29, 1.82) is 0 Å². The maximum absolute atomic E-state index is 13.9. The molecule has 0 spiro atoms. The summed E-state index contributed by atoms with van der Waals surface area (Å²) in [5.74, 6) is 1.42. The van der Waals surface area contributed by atoms with E-state index < -0.39 is 0 Å². The second kappa shape index (κ2) is 13.6. The first kappa shape index (κ1) is 38.3.